The first-order chi connectivity index (χ1) is 9.54. The number of hydrogen-bond acceptors (Lipinski definition) is 1. The normalized spacial score (nSPS) is 18.5. The van der Waals surface area contributed by atoms with Gasteiger partial charge in [0, 0.05) is 10.9 Å². The van der Waals surface area contributed by atoms with Crippen molar-refractivity contribution in [2.24, 2.45) is 0 Å². The van der Waals surface area contributed by atoms with Crippen LogP contribution >= 0.6 is 39.1 Å². The first-order valence-electron chi connectivity index (χ1n) is 6.43. The summed E-state index contributed by atoms with van der Waals surface area (Å²) < 4.78 is 6.59. The lowest BCUT2D eigenvalue weighted by Gasteiger charge is -2.12. The zero-order chi connectivity index (χ0) is 14.3. The maximum atomic E-state index is 6.58. The van der Waals surface area contributed by atoms with E-state index in [0.717, 1.165) is 27.8 Å². The second-order valence-corrected chi connectivity index (χ2v) is 6.73. The zero-order valence-corrected chi connectivity index (χ0v) is 14.0. The van der Waals surface area contributed by atoms with Crippen LogP contribution in [-0.2, 0) is 6.42 Å². The summed E-state index contributed by atoms with van der Waals surface area (Å²) in [4.78, 5) is 0. The van der Waals surface area contributed by atoms with Crippen LogP contribution in [0.3, 0.4) is 0 Å². The van der Waals surface area contributed by atoms with Crippen LogP contribution in [0.2, 0.25) is 5.02 Å². The smallest absolute Gasteiger partial charge is 0.123 e. The SMILES string of the molecule is CC1Cc2cc(C(Cl)c3ccc(Br)c(Cl)c3)ccc2O1. The molecule has 104 valence electrons. The minimum absolute atomic E-state index is 0.207. The predicted octanol–water partition coefficient (Wildman–Crippen LogP) is 5.75. The molecule has 0 aliphatic carbocycles. The van der Waals surface area contributed by atoms with Crippen LogP contribution in [0.4, 0.5) is 0 Å². The molecule has 1 aliphatic rings. The minimum atomic E-state index is -0.207. The van der Waals surface area contributed by atoms with Crippen molar-refractivity contribution in [1.82, 2.24) is 0 Å². The van der Waals surface area contributed by atoms with Gasteiger partial charge in [0.2, 0.25) is 0 Å². The van der Waals surface area contributed by atoms with E-state index in [1.54, 1.807) is 0 Å². The number of halogens is 3. The highest BCUT2D eigenvalue weighted by atomic mass is 79.9. The van der Waals surface area contributed by atoms with Gasteiger partial charge in [-0.2, -0.15) is 0 Å². The Morgan fingerprint density at radius 1 is 1.20 bits per heavy atom. The fraction of sp³-hybridized carbons (Fsp3) is 0.250. The fourth-order valence-corrected chi connectivity index (χ4v) is 3.17. The monoisotopic (exact) mass is 370 g/mol. The summed E-state index contributed by atoms with van der Waals surface area (Å²) in [6, 6.07) is 12.0. The van der Waals surface area contributed by atoms with Gasteiger partial charge in [-0.15, -0.1) is 11.6 Å². The molecule has 1 nitrogen and oxygen atoms in total. The van der Waals surface area contributed by atoms with Gasteiger partial charge >= 0.3 is 0 Å². The first-order valence-corrected chi connectivity index (χ1v) is 8.04. The molecule has 2 unspecified atom stereocenters. The van der Waals surface area contributed by atoms with Gasteiger partial charge in [0.15, 0.2) is 0 Å². The lowest BCUT2D eigenvalue weighted by atomic mass is 10.0. The Balaban J connectivity index is 1.93. The van der Waals surface area contributed by atoms with Crippen molar-refractivity contribution >= 4 is 39.1 Å². The van der Waals surface area contributed by atoms with E-state index in [1.165, 1.54) is 5.56 Å². The molecule has 4 heteroatoms. The zero-order valence-electron chi connectivity index (χ0n) is 10.9. The molecule has 0 spiro atoms. The van der Waals surface area contributed by atoms with Crippen molar-refractivity contribution < 1.29 is 4.74 Å². The molecule has 0 fully saturated rings. The highest BCUT2D eigenvalue weighted by molar-refractivity contribution is 9.10. The summed E-state index contributed by atoms with van der Waals surface area (Å²) in [7, 11) is 0. The maximum Gasteiger partial charge on any atom is 0.123 e. The Hall–Kier alpha value is -0.700. The lowest BCUT2D eigenvalue weighted by Crippen LogP contribution is -2.05. The van der Waals surface area contributed by atoms with Gasteiger partial charge in [-0.25, -0.2) is 0 Å². The Kier molecular flexibility index (Phi) is 3.98. The molecule has 0 saturated carbocycles. The molecular formula is C16H13BrCl2O. The number of ether oxygens (including phenoxy) is 1. The van der Waals surface area contributed by atoms with E-state index in [4.69, 9.17) is 27.9 Å². The van der Waals surface area contributed by atoms with Crippen LogP contribution in [-0.4, -0.2) is 6.10 Å². The molecule has 0 bridgehead atoms. The van der Waals surface area contributed by atoms with Gasteiger partial charge in [0.1, 0.15) is 11.9 Å². The van der Waals surface area contributed by atoms with E-state index in [2.05, 4.69) is 28.9 Å². The Labute approximate surface area is 137 Å². The third kappa shape index (κ3) is 2.69. The van der Waals surface area contributed by atoms with E-state index in [-0.39, 0.29) is 11.5 Å². The van der Waals surface area contributed by atoms with E-state index in [0.29, 0.717) is 5.02 Å². The van der Waals surface area contributed by atoms with Gasteiger partial charge in [-0.05, 0) is 57.7 Å². The summed E-state index contributed by atoms with van der Waals surface area (Å²) in [6.45, 7) is 2.08. The van der Waals surface area contributed by atoms with Gasteiger partial charge in [-0.3, -0.25) is 0 Å². The summed E-state index contributed by atoms with van der Waals surface area (Å²) in [5, 5.41) is 0.466. The van der Waals surface area contributed by atoms with Crippen LogP contribution in [0.1, 0.15) is 29.0 Å². The molecule has 2 aromatic carbocycles. The fourth-order valence-electron chi connectivity index (χ4n) is 2.46. The van der Waals surface area contributed by atoms with Crippen molar-refractivity contribution in [2.75, 3.05) is 0 Å². The topological polar surface area (TPSA) is 9.23 Å². The second-order valence-electron chi connectivity index (χ2n) is 5.04. The molecular weight excluding hydrogens is 359 g/mol. The highest BCUT2D eigenvalue weighted by Gasteiger charge is 2.21. The number of alkyl halides is 1. The molecule has 0 radical (unpaired) electrons. The number of rotatable bonds is 2. The average molecular weight is 372 g/mol. The highest BCUT2D eigenvalue weighted by Crippen LogP contribution is 2.37. The summed E-state index contributed by atoms with van der Waals surface area (Å²) in [5.41, 5.74) is 3.29. The minimum Gasteiger partial charge on any atom is -0.490 e. The third-order valence-electron chi connectivity index (χ3n) is 3.45. The van der Waals surface area contributed by atoms with Crippen molar-refractivity contribution in [1.29, 1.82) is 0 Å². The van der Waals surface area contributed by atoms with Crippen LogP contribution in [0.15, 0.2) is 40.9 Å². The van der Waals surface area contributed by atoms with Crippen LogP contribution in [0.5, 0.6) is 5.75 Å². The van der Waals surface area contributed by atoms with E-state index < -0.39 is 0 Å². The van der Waals surface area contributed by atoms with E-state index in [1.807, 2.05) is 30.3 Å². The predicted molar refractivity (Wildman–Crippen MR) is 87.1 cm³/mol. The van der Waals surface area contributed by atoms with Crippen molar-refractivity contribution in [3.8, 4) is 5.75 Å². The van der Waals surface area contributed by atoms with Crippen LogP contribution in [0, 0.1) is 0 Å². The molecule has 0 amide bonds. The van der Waals surface area contributed by atoms with Crippen molar-refractivity contribution in [3.63, 3.8) is 0 Å². The van der Waals surface area contributed by atoms with Crippen LogP contribution < -0.4 is 4.74 Å². The molecule has 0 aromatic heterocycles. The summed E-state index contributed by atoms with van der Waals surface area (Å²) >= 11 is 16.1. The number of fused-ring (bicyclic) bond motifs is 1. The summed E-state index contributed by atoms with van der Waals surface area (Å²) in [5.74, 6) is 0.971. The second kappa shape index (κ2) is 5.59. The molecule has 0 saturated heterocycles. The molecule has 2 aromatic rings. The molecule has 1 aliphatic heterocycles. The molecule has 20 heavy (non-hydrogen) atoms. The molecule has 0 N–H and O–H groups in total. The lowest BCUT2D eigenvalue weighted by molar-refractivity contribution is 0.254. The molecule has 1 heterocycles. The summed E-state index contributed by atoms with van der Waals surface area (Å²) in [6.07, 6.45) is 1.18. The number of hydrogen-bond donors (Lipinski definition) is 0. The quantitative estimate of drug-likeness (QED) is 0.610. The Morgan fingerprint density at radius 2 is 1.90 bits per heavy atom. The van der Waals surface area contributed by atoms with Crippen LogP contribution in [0.25, 0.3) is 0 Å². The van der Waals surface area contributed by atoms with E-state index >= 15 is 0 Å². The van der Waals surface area contributed by atoms with Gasteiger partial charge < -0.3 is 4.74 Å². The maximum absolute atomic E-state index is 6.58. The Bertz CT molecular complexity index is 657. The van der Waals surface area contributed by atoms with Gasteiger partial charge in [-0.1, -0.05) is 29.8 Å². The molecule has 3 rings (SSSR count). The van der Waals surface area contributed by atoms with Gasteiger partial charge in [0.05, 0.1) is 10.4 Å². The standard InChI is InChI=1S/C16H13BrCl2O/c1-9-6-12-7-10(3-5-15(12)20-9)16(19)11-2-4-13(17)14(18)8-11/h2-5,7-9,16H,6H2,1H3. The third-order valence-corrected chi connectivity index (χ3v) is 5.19. The van der Waals surface area contributed by atoms with Gasteiger partial charge in [0.25, 0.3) is 0 Å². The first kappa shape index (κ1) is 14.2. The average Bonchev–Trinajstić information content (AvgIpc) is 2.80. The van der Waals surface area contributed by atoms with Crippen molar-refractivity contribution in [3.05, 3.63) is 62.6 Å². The Morgan fingerprint density at radius 3 is 2.65 bits per heavy atom. The van der Waals surface area contributed by atoms with Crippen molar-refractivity contribution in [2.45, 2.75) is 24.8 Å². The van der Waals surface area contributed by atoms with E-state index in [9.17, 15) is 0 Å². The molecule has 2 atom stereocenters. The number of benzene rings is 2. The largest absolute Gasteiger partial charge is 0.490 e.